The number of carbonyl (C=O) groups is 2. The topological polar surface area (TPSA) is 76.1 Å². The van der Waals surface area contributed by atoms with Crippen LogP contribution in [0.4, 0.5) is 5.69 Å². The first kappa shape index (κ1) is 16.1. The largest absolute Gasteiger partial charge is 0.497 e. The first-order valence-electron chi connectivity index (χ1n) is 7.13. The summed E-state index contributed by atoms with van der Waals surface area (Å²) in [6.07, 6.45) is -1.08. The van der Waals surface area contributed by atoms with Crippen LogP contribution in [0.2, 0.25) is 5.02 Å². The molecule has 3 rings (SSSR count). The van der Waals surface area contributed by atoms with E-state index in [4.69, 9.17) is 21.1 Å². The Kier molecular flexibility index (Phi) is 4.31. The minimum atomic E-state index is -1.13. The number of carbonyl (C=O) groups excluding carboxylic acids is 1. The highest BCUT2D eigenvalue weighted by atomic mass is 35.5. The molecule has 0 bridgehead atoms. The lowest BCUT2D eigenvalue weighted by Crippen LogP contribution is -2.70. The van der Waals surface area contributed by atoms with Gasteiger partial charge in [0.15, 0.2) is 6.04 Å². The molecular formula is C17H14ClNO5. The summed E-state index contributed by atoms with van der Waals surface area (Å²) in [6.45, 7) is 0. The van der Waals surface area contributed by atoms with E-state index in [1.54, 1.807) is 48.5 Å². The van der Waals surface area contributed by atoms with Crippen molar-refractivity contribution in [2.75, 3.05) is 12.0 Å². The molecule has 0 spiro atoms. The summed E-state index contributed by atoms with van der Waals surface area (Å²) < 4.78 is 10.6. The van der Waals surface area contributed by atoms with Crippen molar-refractivity contribution in [1.82, 2.24) is 0 Å². The molecule has 0 saturated carbocycles. The van der Waals surface area contributed by atoms with E-state index in [1.165, 1.54) is 12.0 Å². The lowest BCUT2D eigenvalue weighted by molar-refractivity contribution is -0.152. The Morgan fingerprint density at radius 2 is 1.67 bits per heavy atom. The average molecular weight is 348 g/mol. The van der Waals surface area contributed by atoms with Crippen LogP contribution < -0.4 is 14.4 Å². The van der Waals surface area contributed by atoms with Crippen molar-refractivity contribution in [3.8, 4) is 11.5 Å². The van der Waals surface area contributed by atoms with Gasteiger partial charge in [-0.2, -0.15) is 0 Å². The van der Waals surface area contributed by atoms with E-state index in [0.29, 0.717) is 22.2 Å². The molecule has 1 aliphatic heterocycles. The van der Waals surface area contributed by atoms with E-state index in [-0.39, 0.29) is 0 Å². The van der Waals surface area contributed by atoms with Gasteiger partial charge in [-0.3, -0.25) is 9.69 Å². The van der Waals surface area contributed by atoms with Gasteiger partial charge in [-0.05, 0) is 48.5 Å². The van der Waals surface area contributed by atoms with Crippen LogP contribution in [0.15, 0.2) is 48.5 Å². The van der Waals surface area contributed by atoms with Gasteiger partial charge in [-0.15, -0.1) is 0 Å². The van der Waals surface area contributed by atoms with Crippen LogP contribution in [0.5, 0.6) is 11.5 Å². The summed E-state index contributed by atoms with van der Waals surface area (Å²) in [5.74, 6) is -0.544. The minimum absolute atomic E-state index is 0.387. The number of β-lactam (4-membered cyclic amide) rings is 1. The van der Waals surface area contributed by atoms with Crippen LogP contribution in [0, 0.1) is 0 Å². The van der Waals surface area contributed by atoms with Gasteiger partial charge >= 0.3 is 5.97 Å². The number of amides is 1. The van der Waals surface area contributed by atoms with Gasteiger partial charge in [-0.1, -0.05) is 11.6 Å². The molecular weight excluding hydrogens is 334 g/mol. The van der Waals surface area contributed by atoms with E-state index < -0.39 is 24.0 Å². The molecule has 1 aliphatic rings. The second kappa shape index (κ2) is 6.41. The van der Waals surface area contributed by atoms with Gasteiger partial charge in [0, 0.05) is 10.7 Å². The number of anilines is 1. The molecule has 2 aromatic carbocycles. The summed E-state index contributed by atoms with van der Waals surface area (Å²) >= 11 is 5.80. The molecule has 0 aliphatic carbocycles. The monoisotopic (exact) mass is 347 g/mol. The minimum Gasteiger partial charge on any atom is -0.497 e. The van der Waals surface area contributed by atoms with E-state index in [0.717, 1.165) is 0 Å². The van der Waals surface area contributed by atoms with Crippen molar-refractivity contribution < 1.29 is 24.2 Å². The molecule has 2 aromatic rings. The van der Waals surface area contributed by atoms with Crippen LogP contribution in [0.1, 0.15) is 0 Å². The highest BCUT2D eigenvalue weighted by Crippen LogP contribution is 2.32. The first-order chi connectivity index (χ1) is 11.5. The van der Waals surface area contributed by atoms with Crippen molar-refractivity contribution in [2.24, 2.45) is 0 Å². The van der Waals surface area contributed by atoms with Crippen LogP contribution in [-0.4, -0.2) is 36.2 Å². The molecule has 1 amide bonds. The van der Waals surface area contributed by atoms with Gasteiger partial charge in [0.05, 0.1) is 7.11 Å². The summed E-state index contributed by atoms with van der Waals surface area (Å²) in [4.78, 5) is 25.1. The second-order valence-electron chi connectivity index (χ2n) is 5.18. The Balaban J connectivity index is 1.81. The molecule has 1 N–H and O–H groups in total. The maximum absolute atomic E-state index is 12.4. The number of methoxy groups -OCH3 is 1. The SMILES string of the molecule is COc1ccc(N2C(=O)[C@@H](Oc3ccc(Cl)cc3)[C@H]2C(=O)O)cc1. The Morgan fingerprint density at radius 3 is 2.21 bits per heavy atom. The average Bonchev–Trinajstić information content (AvgIpc) is 2.58. The quantitative estimate of drug-likeness (QED) is 0.841. The number of carboxylic acid groups (broad SMARTS) is 1. The maximum atomic E-state index is 12.4. The fourth-order valence-corrected chi connectivity index (χ4v) is 2.63. The van der Waals surface area contributed by atoms with E-state index in [9.17, 15) is 14.7 Å². The van der Waals surface area contributed by atoms with Crippen LogP contribution in [-0.2, 0) is 9.59 Å². The maximum Gasteiger partial charge on any atom is 0.331 e. The molecule has 1 heterocycles. The molecule has 1 fully saturated rings. The number of hydrogen-bond donors (Lipinski definition) is 1. The van der Waals surface area contributed by atoms with Crippen LogP contribution in [0.25, 0.3) is 0 Å². The third-order valence-electron chi connectivity index (χ3n) is 3.73. The molecule has 124 valence electrons. The standard InChI is InChI=1S/C17H14ClNO5/c1-23-12-8-4-11(5-9-12)19-14(17(21)22)15(16(19)20)24-13-6-2-10(18)3-7-13/h2-9,14-15H,1H3,(H,21,22)/t14-,15-/m0/s1. The van der Waals surface area contributed by atoms with Crippen molar-refractivity contribution in [3.63, 3.8) is 0 Å². The fraction of sp³-hybridized carbons (Fsp3) is 0.176. The Bertz CT molecular complexity index is 760. The van der Waals surface area contributed by atoms with Gasteiger partial charge in [0.25, 0.3) is 5.91 Å². The molecule has 7 heteroatoms. The number of rotatable bonds is 5. The zero-order chi connectivity index (χ0) is 17.3. The number of benzene rings is 2. The number of aliphatic carboxylic acids is 1. The van der Waals surface area contributed by atoms with Gasteiger partial charge < -0.3 is 14.6 Å². The Labute approximate surface area is 143 Å². The van der Waals surface area contributed by atoms with Gasteiger partial charge in [-0.25, -0.2) is 4.79 Å². The predicted molar refractivity (Wildman–Crippen MR) is 87.8 cm³/mol. The smallest absolute Gasteiger partial charge is 0.331 e. The van der Waals surface area contributed by atoms with Gasteiger partial charge in [0.2, 0.25) is 6.10 Å². The van der Waals surface area contributed by atoms with Crippen LogP contribution >= 0.6 is 11.6 Å². The van der Waals surface area contributed by atoms with E-state index >= 15 is 0 Å². The van der Waals surface area contributed by atoms with Gasteiger partial charge in [0.1, 0.15) is 11.5 Å². The van der Waals surface area contributed by atoms with Crippen LogP contribution in [0.3, 0.4) is 0 Å². The normalized spacial score (nSPS) is 19.6. The Morgan fingerprint density at radius 1 is 1.08 bits per heavy atom. The van der Waals surface area contributed by atoms with E-state index in [2.05, 4.69) is 0 Å². The molecule has 0 radical (unpaired) electrons. The van der Waals surface area contributed by atoms with Crippen molar-refractivity contribution in [3.05, 3.63) is 53.6 Å². The van der Waals surface area contributed by atoms with E-state index in [1.807, 2.05) is 0 Å². The molecule has 6 nitrogen and oxygen atoms in total. The summed E-state index contributed by atoms with van der Waals surface area (Å²) in [5.41, 5.74) is 0.476. The third kappa shape index (κ3) is 2.88. The molecule has 0 unspecified atom stereocenters. The summed E-state index contributed by atoms with van der Waals surface area (Å²) in [7, 11) is 1.53. The second-order valence-corrected chi connectivity index (χ2v) is 5.62. The molecule has 2 atom stereocenters. The number of ether oxygens (including phenoxy) is 2. The molecule has 0 aromatic heterocycles. The van der Waals surface area contributed by atoms with Crippen molar-refractivity contribution in [1.29, 1.82) is 0 Å². The number of hydrogen-bond acceptors (Lipinski definition) is 4. The lowest BCUT2D eigenvalue weighted by atomic mass is 9.96. The van der Waals surface area contributed by atoms with Crippen molar-refractivity contribution in [2.45, 2.75) is 12.1 Å². The zero-order valence-corrected chi connectivity index (χ0v) is 13.4. The number of carboxylic acids is 1. The molecule has 1 saturated heterocycles. The fourth-order valence-electron chi connectivity index (χ4n) is 2.51. The highest BCUT2D eigenvalue weighted by Gasteiger charge is 2.54. The predicted octanol–water partition coefficient (Wildman–Crippen LogP) is 2.60. The molecule has 24 heavy (non-hydrogen) atoms. The number of halogens is 1. The van der Waals surface area contributed by atoms with Crippen molar-refractivity contribution >= 4 is 29.2 Å². The lowest BCUT2D eigenvalue weighted by Gasteiger charge is -2.43. The number of nitrogens with zero attached hydrogens (tertiary/aromatic N) is 1. The summed E-state index contributed by atoms with van der Waals surface area (Å²) in [6, 6.07) is 11.9. The first-order valence-corrected chi connectivity index (χ1v) is 7.51. The third-order valence-corrected chi connectivity index (χ3v) is 3.98. The Hall–Kier alpha value is -2.73. The highest BCUT2D eigenvalue weighted by molar-refractivity contribution is 6.30. The zero-order valence-electron chi connectivity index (χ0n) is 12.7. The summed E-state index contributed by atoms with van der Waals surface area (Å²) in [5, 5.41) is 9.98.